The van der Waals surface area contributed by atoms with Gasteiger partial charge in [0.05, 0.1) is 6.04 Å². The van der Waals surface area contributed by atoms with Crippen LogP contribution < -0.4 is 10.6 Å². The van der Waals surface area contributed by atoms with Crippen LogP contribution >= 0.6 is 0 Å². The van der Waals surface area contributed by atoms with Gasteiger partial charge >= 0.3 is 0 Å². The molecule has 0 unspecified atom stereocenters. The van der Waals surface area contributed by atoms with Gasteiger partial charge in [-0.3, -0.25) is 19.5 Å². The predicted octanol–water partition coefficient (Wildman–Crippen LogP) is 0.389. The van der Waals surface area contributed by atoms with Crippen LogP contribution in [0.25, 0.3) is 11.4 Å². The Bertz CT molecular complexity index is 778. The highest BCUT2D eigenvalue weighted by molar-refractivity contribution is 5.82. The molecule has 2 N–H and O–H groups in total. The molecule has 9 nitrogen and oxygen atoms in total. The molecular formula is C18H24N6O3. The van der Waals surface area contributed by atoms with E-state index >= 15 is 0 Å². The fraction of sp³-hybridized carbons (Fsp3) is 0.500. The molecule has 0 aromatic carbocycles. The zero-order valence-corrected chi connectivity index (χ0v) is 15.5. The highest BCUT2D eigenvalue weighted by Gasteiger charge is 2.34. The first kappa shape index (κ1) is 19.0. The second kappa shape index (κ2) is 8.72. The first-order valence-corrected chi connectivity index (χ1v) is 9.01. The van der Waals surface area contributed by atoms with Gasteiger partial charge in [0.1, 0.15) is 0 Å². The third-order valence-corrected chi connectivity index (χ3v) is 4.66. The molecule has 2 amide bonds. The van der Waals surface area contributed by atoms with Crippen LogP contribution in [0.3, 0.4) is 0 Å². The maximum atomic E-state index is 12.2. The molecule has 1 aliphatic rings. The fourth-order valence-corrected chi connectivity index (χ4v) is 3.25. The monoisotopic (exact) mass is 372 g/mol. The summed E-state index contributed by atoms with van der Waals surface area (Å²) in [5.74, 6) is 0.983. The van der Waals surface area contributed by atoms with Crippen LogP contribution in [0.5, 0.6) is 0 Å². The van der Waals surface area contributed by atoms with Crippen molar-refractivity contribution in [3.8, 4) is 11.4 Å². The Balaban J connectivity index is 1.41. The summed E-state index contributed by atoms with van der Waals surface area (Å²) in [6.45, 7) is 0.669. The lowest BCUT2D eigenvalue weighted by molar-refractivity contribution is -0.125. The molecule has 3 rings (SSSR count). The number of likely N-dealkylation sites (tertiary alicyclic amines) is 1. The second-order valence-electron chi connectivity index (χ2n) is 6.67. The van der Waals surface area contributed by atoms with E-state index in [-0.39, 0.29) is 23.9 Å². The minimum Gasteiger partial charge on any atom is -0.358 e. The molecule has 2 aromatic rings. The number of nitrogens with zero attached hydrogens (tertiary/aromatic N) is 4. The largest absolute Gasteiger partial charge is 0.358 e. The van der Waals surface area contributed by atoms with Crippen LogP contribution in [0.1, 0.15) is 25.2 Å². The third-order valence-electron chi connectivity index (χ3n) is 4.66. The lowest BCUT2D eigenvalue weighted by atomic mass is 10.1. The van der Waals surface area contributed by atoms with Crippen LogP contribution in [0, 0.1) is 0 Å². The number of rotatable bonds is 7. The van der Waals surface area contributed by atoms with Gasteiger partial charge in [-0.25, -0.2) is 0 Å². The van der Waals surface area contributed by atoms with Crippen LogP contribution in [0.2, 0.25) is 0 Å². The zero-order chi connectivity index (χ0) is 19.2. The first-order chi connectivity index (χ1) is 13.1. The van der Waals surface area contributed by atoms with Crippen molar-refractivity contribution in [3.05, 3.63) is 30.4 Å². The number of amides is 2. The molecule has 0 radical (unpaired) electrons. The number of pyridine rings is 1. The molecule has 0 bridgehead atoms. The Kier molecular flexibility index (Phi) is 6.12. The van der Waals surface area contributed by atoms with Crippen molar-refractivity contribution in [2.45, 2.75) is 37.8 Å². The van der Waals surface area contributed by atoms with E-state index in [9.17, 15) is 9.59 Å². The normalized spacial score (nSPS) is 19.8. The second-order valence-corrected chi connectivity index (χ2v) is 6.67. The predicted molar refractivity (Wildman–Crippen MR) is 97.5 cm³/mol. The number of aromatic nitrogens is 3. The topological polar surface area (TPSA) is 113 Å². The molecule has 1 aliphatic heterocycles. The number of carbonyl (C=O) groups is 2. The van der Waals surface area contributed by atoms with Crippen molar-refractivity contribution in [3.63, 3.8) is 0 Å². The van der Waals surface area contributed by atoms with Gasteiger partial charge < -0.3 is 15.2 Å². The maximum absolute atomic E-state index is 12.2. The maximum Gasteiger partial charge on any atom is 0.237 e. The standard InChI is InChI=1S/C18H24N6O3/c1-19-18(26)14-10-13(11-24(14)2)21-15(25)4-3-5-16-22-17(23-27-16)12-6-8-20-9-7-12/h6-9,13-14H,3-5,10-11H2,1-2H3,(H,19,26)(H,21,25)/t13-,14+/m1/s1. The summed E-state index contributed by atoms with van der Waals surface area (Å²) in [5, 5.41) is 9.61. The highest BCUT2D eigenvalue weighted by atomic mass is 16.5. The van der Waals surface area contributed by atoms with Crippen LogP contribution in [0.4, 0.5) is 0 Å². The number of likely N-dealkylation sites (N-methyl/N-ethyl adjacent to an activating group) is 2. The van der Waals surface area contributed by atoms with Crippen LogP contribution in [-0.4, -0.2) is 64.6 Å². The van der Waals surface area contributed by atoms with E-state index in [0.717, 1.165) is 5.56 Å². The van der Waals surface area contributed by atoms with Crippen molar-refractivity contribution in [1.82, 2.24) is 30.7 Å². The van der Waals surface area contributed by atoms with Gasteiger partial charge in [0, 0.05) is 50.4 Å². The molecule has 1 saturated heterocycles. The number of nitrogens with one attached hydrogen (secondary N) is 2. The molecule has 27 heavy (non-hydrogen) atoms. The molecule has 1 fully saturated rings. The first-order valence-electron chi connectivity index (χ1n) is 9.01. The Morgan fingerprint density at radius 3 is 2.85 bits per heavy atom. The van der Waals surface area contributed by atoms with Gasteiger partial charge in [0.25, 0.3) is 0 Å². The molecule has 3 heterocycles. The van der Waals surface area contributed by atoms with E-state index in [1.54, 1.807) is 19.4 Å². The van der Waals surface area contributed by atoms with E-state index in [2.05, 4.69) is 25.8 Å². The molecule has 0 aliphatic carbocycles. The highest BCUT2D eigenvalue weighted by Crippen LogP contribution is 2.17. The average Bonchev–Trinajstić information content (AvgIpc) is 3.28. The number of aryl methyl sites for hydroxylation is 1. The van der Waals surface area contributed by atoms with Crippen molar-refractivity contribution >= 4 is 11.8 Å². The van der Waals surface area contributed by atoms with Gasteiger partial charge in [0.2, 0.25) is 23.5 Å². The van der Waals surface area contributed by atoms with E-state index in [4.69, 9.17) is 4.52 Å². The summed E-state index contributed by atoms with van der Waals surface area (Å²) < 4.78 is 5.24. The lowest BCUT2D eigenvalue weighted by Gasteiger charge is -2.16. The molecule has 2 atom stereocenters. The summed E-state index contributed by atoms with van der Waals surface area (Å²) in [6.07, 6.45) is 5.50. The summed E-state index contributed by atoms with van der Waals surface area (Å²) in [6, 6.07) is 3.43. The molecule has 2 aromatic heterocycles. The third kappa shape index (κ3) is 4.88. The zero-order valence-electron chi connectivity index (χ0n) is 15.5. The Hall–Kier alpha value is -2.81. The minimum absolute atomic E-state index is 0.00787. The van der Waals surface area contributed by atoms with Crippen molar-refractivity contribution in [2.75, 3.05) is 20.6 Å². The lowest BCUT2D eigenvalue weighted by Crippen LogP contribution is -2.39. The van der Waals surface area contributed by atoms with E-state index < -0.39 is 0 Å². The summed E-state index contributed by atoms with van der Waals surface area (Å²) in [7, 11) is 3.52. The number of hydrogen-bond donors (Lipinski definition) is 2. The summed E-state index contributed by atoms with van der Waals surface area (Å²) in [4.78, 5) is 34.2. The Morgan fingerprint density at radius 2 is 2.11 bits per heavy atom. The van der Waals surface area contributed by atoms with Crippen molar-refractivity contribution in [1.29, 1.82) is 0 Å². The van der Waals surface area contributed by atoms with E-state index in [1.165, 1.54) is 0 Å². The molecule has 0 saturated carbocycles. The molecular weight excluding hydrogens is 348 g/mol. The van der Waals surface area contributed by atoms with Gasteiger partial charge in [0.15, 0.2) is 0 Å². The molecule has 144 valence electrons. The number of carbonyl (C=O) groups excluding carboxylic acids is 2. The van der Waals surface area contributed by atoms with Crippen LogP contribution in [0.15, 0.2) is 29.0 Å². The fourth-order valence-electron chi connectivity index (χ4n) is 3.25. The van der Waals surface area contributed by atoms with Gasteiger partial charge in [-0.1, -0.05) is 5.16 Å². The van der Waals surface area contributed by atoms with E-state index in [1.807, 2.05) is 24.1 Å². The molecule has 0 spiro atoms. The Labute approximate surface area is 157 Å². The van der Waals surface area contributed by atoms with Gasteiger partial charge in [-0.05, 0) is 32.0 Å². The van der Waals surface area contributed by atoms with E-state index in [0.29, 0.717) is 43.9 Å². The quantitative estimate of drug-likeness (QED) is 0.723. The van der Waals surface area contributed by atoms with Crippen molar-refractivity contribution in [2.24, 2.45) is 0 Å². The van der Waals surface area contributed by atoms with Crippen LogP contribution in [-0.2, 0) is 16.0 Å². The smallest absolute Gasteiger partial charge is 0.237 e. The number of hydrogen-bond acceptors (Lipinski definition) is 7. The van der Waals surface area contributed by atoms with Gasteiger partial charge in [-0.2, -0.15) is 4.98 Å². The minimum atomic E-state index is -0.190. The van der Waals surface area contributed by atoms with Crippen molar-refractivity contribution < 1.29 is 14.1 Å². The molecule has 9 heteroatoms. The summed E-state index contributed by atoms with van der Waals surface area (Å²) >= 11 is 0. The van der Waals surface area contributed by atoms with Gasteiger partial charge in [-0.15, -0.1) is 0 Å². The summed E-state index contributed by atoms with van der Waals surface area (Å²) in [5.41, 5.74) is 0.841. The SMILES string of the molecule is CNC(=O)[C@@H]1C[C@@H](NC(=O)CCCc2nc(-c3ccncc3)no2)CN1C. The average molecular weight is 372 g/mol. The Morgan fingerprint density at radius 1 is 1.33 bits per heavy atom.